The summed E-state index contributed by atoms with van der Waals surface area (Å²) in [5.41, 5.74) is 2.39. The van der Waals surface area contributed by atoms with Crippen molar-refractivity contribution in [1.82, 2.24) is 14.4 Å². The van der Waals surface area contributed by atoms with E-state index in [4.69, 9.17) is 4.74 Å². The number of hydrogen-bond donors (Lipinski definition) is 0. The first-order chi connectivity index (χ1) is 11.6. The minimum Gasteiger partial charge on any atom is -0.381 e. The standard InChI is InChI=1S/C18H27N3O3/c1-19(2)18(23)20-9-5-15-3-4-17(22)21(16(15)6-10-20)13-14-7-11-24-12-8-14/h3-4,14H,5-13H2,1-2H3. The van der Waals surface area contributed by atoms with Crippen LogP contribution in [-0.4, -0.2) is 60.8 Å². The molecule has 3 heterocycles. The molecule has 0 saturated carbocycles. The normalized spacial score (nSPS) is 18.8. The third-order valence-corrected chi connectivity index (χ3v) is 5.09. The monoisotopic (exact) mass is 333 g/mol. The van der Waals surface area contributed by atoms with Crippen molar-refractivity contribution in [2.24, 2.45) is 5.92 Å². The molecule has 0 N–H and O–H groups in total. The van der Waals surface area contributed by atoms with Crippen LogP contribution < -0.4 is 5.56 Å². The van der Waals surface area contributed by atoms with Gasteiger partial charge < -0.3 is 19.1 Å². The largest absolute Gasteiger partial charge is 0.381 e. The lowest BCUT2D eigenvalue weighted by molar-refractivity contribution is 0.0606. The Hall–Kier alpha value is -1.82. The van der Waals surface area contributed by atoms with Gasteiger partial charge in [0.1, 0.15) is 0 Å². The van der Waals surface area contributed by atoms with Gasteiger partial charge in [0.25, 0.3) is 5.56 Å². The van der Waals surface area contributed by atoms with Gasteiger partial charge in [-0.1, -0.05) is 6.07 Å². The molecule has 6 nitrogen and oxygen atoms in total. The Bertz CT molecular complexity index is 647. The minimum atomic E-state index is 0.0427. The van der Waals surface area contributed by atoms with Crippen molar-refractivity contribution >= 4 is 6.03 Å². The summed E-state index contributed by atoms with van der Waals surface area (Å²) >= 11 is 0. The van der Waals surface area contributed by atoms with Gasteiger partial charge >= 0.3 is 6.03 Å². The van der Waals surface area contributed by atoms with E-state index in [1.807, 2.05) is 15.5 Å². The van der Waals surface area contributed by atoms with Gasteiger partial charge in [0.15, 0.2) is 0 Å². The van der Waals surface area contributed by atoms with E-state index < -0.39 is 0 Å². The molecule has 24 heavy (non-hydrogen) atoms. The van der Waals surface area contributed by atoms with Gasteiger partial charge in [-0.25, -0.2) is 4.79 Å². The summed E-state index contributed by atoms with van der Waals surface area (Å²) in [6, 6.07) is 3.67. The number of pyridine rings is 1. The van der Waals surface area contributed by atoms with Crippen molar-refractivity contribution in [3.8, 4) is 0 Å². The molecule has 0 atom stereocenters. The minimum absolute atomic E-state index is 0.0427. The van der Waals surface area contributed by atoms with Crippen molar-refractivity contribution in [1.29, 1.82) is 0 Å². The van der Waals surface area contributed by atoms with Crippen LogP contribution in [-0.2, 0) is 24.1 Å². The van der Waals surface area contributed by atoms with Crippen LogP contribution in [0.1, 0.15) is 24.1 Å². The molecular weight excluding hydrogens is 306 g/mol. The highest BCUT2D eigenvalue weighted by molar-refractivity contribution is 5.73. The molecule has 3 rings (SSSR count). The van der Waals surface area contributed by atoms with Gasteiger partial charge in [-0.05, 0) is 30.7 Å². The maximum atomic E-state index is 12.4. The van der Waals surface area contributed by atoms with Gasteiger partial charge in [0.05, 0.1) is 0 Å². The Morgan fingerprint density at radius 2 is 1.92 bits per heavy atom. The molecule has 0 spiro atoms. The molecule has 6 heteroatoms. The fourth-order valence-electron chi connectivity index (χ4n) is 3.66. The number of carbonyl (C=O) groups is 1. The van der Waals surface area contributed by atoms with Crippen LogP contribution in [0.4, 0.5) is 4.79 Å². The molecule has 1 saturated heterocycles. The predicted molar refractivity (Wildman–Crippen MR) is 92.3 cm³/mol. The number of amides is 2. The topological polar surface area (TPSA) is 54.8 Å². The van der Waals surface area contributed by atoms with Crippen LogP contribution >= 0.6 is 0 Å². The fraction of sp³-hybridized carbons (Fsp3) is 0.667. The molecular formula is C18H27N3O3. The average molecular weight is 333 g/mol. The van der Waals surface area contributed by atoms with Gasteiger partial charge in [-0.15, -0.1) is 0 Å². The maximum absolute atomic E-state index is 12.4. The van der Waals surface area contributed by atoms with Crippen LogP contribution in [0.25, 0.3) is 0 Å². The van der Waals surface area contributed by atoms with E-state index in [1.165, 1.54) is 5.56 Å². The highest BCUT2D eigenvalue weighted by atomic mass is 16.5. The lowest BCUT2D eigenvalue weighted by Gasteiger charge is -2.25. The summed E-state index contributed by atoms with van der Waals surface area (Å²) in [7, 11) is 3.56. The predicted octanol–water partition coefficient (Wildman–Crippen LogP) is 1.36. The van der Waals surface area contributed by atoms with Gasteiger partial charge in [0, 0.05) is 65.1 Å². The van der Waals surface area contributed by atoms with Crippen molar-refractivity contribution in [2.75, 3.05) is 40.4 Å². The van der Waals surface area contributed by atoms with Crippen LogP contribution in [0.3, 0.4) is 0 Å². The second-order valence-corrected chi connectivity index (χ2v) is 6.97. The van der Waals surface area contributed by atoms with E-state index in [9.17, 15) is 9.59 Å². The summed E-state index contributed by atoms with van der Waals surface area (Å²) in [5, 5.41) is 0. The molecule has 1 aromatic heterocycles. The third kappa shape index (κ3) is 3.64. The second kappa shape index (κ2) is 7.38. The first-order valence-corrected chi connectivity index (χ1v) is 8.82. The van der Waals surface area contributed by atoms with Crippen molar-refractivity contribution in [3.63, 3.8) is 0 Å². The van der Waals surface area contributed by atoms with E-state index in [1.54, 1.807) is 25.1 Å². The fourth-order valence-corrected chi connectivity index (χ4v) is 3.66. The number of rotatable bonds is 2. The van der Waals surface area contributed by atoms with Gasteiger partial charge in [-0.3, -0.25) is 4.79 Å². The number of carbonyl (C=O) groups excluding carboxylic acids is 1. The first-order valence-electron chi connectivity index (χ1n) is 8.82. The Kier molecular flexibility index (Phi) is 5.23. The molecule has 0 aliphatic carbocycles. The second-order valence-electron chi connectivity index (χ2n) is 6.97. The summed E-state index contributed by atoms with van der Waals surface area (Å²) in [6.07, 6.45) is 3.58. The number of fused-ring (bicyclic) bond motifs is 1. The number of ether oxygens (including phenoxy) is 1. The third-order valence-electron chi connectivity index (χ3n) is 5.09. The lowest BCUT2D eigenvalue weighted by Crippen LogP contribution is -2.40. The van der Waals surface area contributed by atoms with Gasteiger partial charge in [-0.2, -0.15) is 0 Å². The van der Waals surface area contributed by atoms with E-state index in [0.717, 1.165) is 51.1 Å². The van der Waals surface area contributed by atoms with Crippen LogP contribution in [0.5, 0.6) is 0 Å². The molecule has 0 radical (unpaired) electrons. The summed E-state index contributed by atoms with van der Waals surface area (Å²) in [5.74, 6) is 0.505. The lowest BCUT2D eigenvalue weighted by atomic mass is 9.99. The van der Waals surface area contributed by atoms with E-state index in [-0.39, 0.29) is 11.6 Å². The highest BCUT2D eigenvalue weighted by Gasteiger charge is 2.23. The average Bonchev–Trinajstić information content (AvgIpc) is 2.80. The van der Waals surface area contributed by atoms with Crippen LogP contribution in [0.15, 0.2) is 16.9 Å². The summed E-state index contributed by atoms with van der Waals surface area (Å²) < 4.78 is 7.38. The molecule has 0 unspecified atom stereocenters. The number of aromatic nitrogens is 1. The zero-order chi connectivity index (χ0) is 17.1. The SMILES string of the molecule is CN(C)C(=O)N1CCc2ccc(=O)n(CC3CCOCC3)c2CC1. The molecule has 2 aliphatic rings. The van der Waals surface area contributed by atoms with Crippen LogP contribution in [0.2, 0.25) is 0 Å². The zero-order valence-corrected chi connectivity index (χ0v) is 14.7. The van der Waals surface area contributed by atoms with E-state index >= 15 is 0 Å². The Morgan fingerprint density at radius 3 is 2.62 bits per heavy atom. The van der Waals surface area contributed by atoms with Crippen LogP contribution in [0, 0.1) is 5.92 Å². The molecule has 2 aliphatic heterocycles. The Labute approximate surface area is 143 Å². The van der Waals surface area contributed by atoms with Gasteiger partial charge in [0.2, 0.25) is 0 Å². The molecule has 0 aromatic carbocycles. The smallest absolute Gasteiger partial charge is 0.319 e. The molecule has 2 amide bonds. The quantitative estimate of drug-likeness (QED) is 0.821. The number of hydrogen-bond acceptors (Lipinski definition) is 3. The summed E-state index contributed by atoms with van der Waals surface area (Å²) in [4.78, 5) is 28.2. The zero-order valence-electron chi connectivity index (χ0n) is 14.7. The van der Waals surface area contributed by atoms with Crippen molar-refractivity contribution < 1.29 is 9.53 Å². The van der Waals surface area contributed by atoms with E-state index in [2.05, 4.69) is 0 Å². The highest BCUT2D eigenvalue weighted by Crippen LogP contribution is 2.20. The number of urea groups is 1. The molecule has 0 bridgehead atoms. The number of nitrogens with zero attached hydrogens (tertiary/aromatic N) is 3. The van der Waals surface area contributed by atoms with Crippen molar-refractivity contribution in [2.45, 2.75) is 32.2 Å². The molecule has 1 aromatic rings. The first kappa shape index (κ1) is 17.0. The van der Waals surface area contributed by atoms with E-state index in [0.29, 0.717) is 19.0 Å². The maximum Gasteiger partial charge on any atom is 0.319 e. The molecule has 1 fully saturated rings. The molecule has 132 valence electrons. The van der Waals surface area contributed by atoms with Crippen molar-refractivity contribution in [3.05, 3.63) is 33.7 Å². The Balaban J connectivity index is 1.81. The summed E-state index contributed by atoms with van der Waals surface area (Å²) in [6.45, 7) is 3.73. The Morgan fingerprint density at radius 1 is 1.21 bits per heavy atom.